The van der Waals surface area contributed by atoms with Crippen LogP contribution in [0.3, 0.4) is 0 Å². The molecule has 6 aliphatic rings. The van der Waals surface area contributed by atoms with Gasteiger partial charge in [0.1, 0.15) is 5.60 Å². The Labute approximate surface area is 144 Å². The average Bonchev–Trinajstić information content (AvgIpc) is 3.12. The minimum absolute atomic E-state index is 0.109. The molecule has 9 atom stereocenters. The Kier molecular flexibility index (Phi) is 3.13. The third-order valence-electron chi connectivity index (χ3n) is 8.87. The predicted octanol–water partition coefficient (Wildman–Crippen LogP) is 3.71. The van der Waals surface area contributed by atoms with Gasteiger partial charge in [-0.2, -0.15) is 0 Å². The summed E-state index contributed by atoms with van der Waals surface area (Å²) in [6.45, 7) is 5.90. The standard InChI is InChI=1S/C21H30O3/c1-3-17(22)24-21-9-13-6-16(12(21)2)10-20(8-13,11-21)18-14-4-5-15(7-14)19(18)23/h3,12-16,18-19,23H,1,4-11H2,2H3. The number of aliphatic hydroxyl groups is 1. The molecule has 0 heterocycles. The summed E-state index contributed by atoms with van der Waals surface area (Å²) in [6, 6.07) is 0. The Morgan fingerprint density at radius 1 is 1.17 bits per heavy atom. The van der Waals surface area contributed by atoms with E-state index in [0.717, 1.165) is 12.8 Å². The maximum atomic E-state index is 12.1. The molecule has 0 aromatic carbocycles. The first-order valence-corrected chi connectivity index (χ1v) is 10.00. The van der Waals surface area contributed by atoms with Crippen molar-refractivity contribution in [3.63, 3.8) is 0 Å². The Hall–Kier alpha value is -0.830. The zero-order valence-electron chi connectivity index (χ0n) is 14.7. The van der Waals surface area contributed by atoms with Crippen molar-refractivity contribution in [2.75, 3.05) is 0 Å². The highest BCUT2D eigenvalue weighted by molar-refractivity contribution is 5.81. The van der Waals surface area contributed by atoms with Crippen LogP contribution in [0.1, 0.15) is 58.3 Å². The minimum atomic E-state index is -0.295. The number of carbonyl (C=O) groups is 1. The van der Waals surface area contributed by atoms with E-state index in [1.54, 1.807) is 0 Å². The number of fused-ring (bicyclic) bond motifs is 2. The van der Waals surface area contributed by atoms with Gasteiger partial charge in [0.05, 0.1) is 6.10 Å². The maximum absolute atomic E-state index is 12.1. The molecule has 6 rings (SSSR count). The van der Waals surface area contributed by atoms with E-state index in [9.17, 15) is 9.90 Å². The zero-order chi connectivity index (χ0) is 16.7. The summed E-state index contributed by atoms with van der Waals surface area (Å²) >= 11 is 0. The molecule has 3 nitrogen and oxygen atoms in total. The van der Waals surface area contributed by atoms with E-state index in [1.165, 1.54) is 44.6 Å². The molecule has 6 aliphatic carbocycles. The minimum Gasteiger partial charge on any atom is -0.456 e. The Balaban J connectivity index is 1.52. The lowest BCUT2D eigenvalue weighted by atomic mass is 9.41. The molecular weight excluding hydrogens is 300 g/mol. The van der Waals surface area contributed by atoms with Crippen molar-refractivity contribution in [3.05, 3.63) is 12.7 Å². The summed E-state index contributed by atoms with van der Waals surface area (Å²) in [7, 11) is 0. The van der Waals surface area contributed by atoms with Gasteiger partial charge in [-0.1, -0.05) is 13.5 Å². The van der Waals surface area contributed by atoms with Gasteiger partial charge in [-0.25, -0.2) is 4.79 Å². The number of hydrogen-bond donors (Lipinski definition) is 1. The molecule has 0 spiro atoms. The SMILES string of the molecule is C=CC(=O)OC12CC3CC(CC(C4C5CCC(C5)C4O)(C3)C1)C2C. The first-order chi connectivity index (χ1) is 11.5. The van der Waals surface area contributed by atoms with E-state index < -0.39 is 0 Å². The number of carbonyl (C=O) groups excluding carboxylic acids is 1. The molecule has 9 unspecified atom stereocenters. The van der Waals surface area contributed by atoms with Crippen LogP contribution < -0.4 is 0 Å². The van der Waals surface area contributed by atoms with Crippen molar-refractivity contribution in [1.82, 2.24) is 0 Å². The highest BCUT2D eigenvalue weighted by Gasteiger charge is 2.68. The van der Waals surface area contributed by atoms with Crippen molar-refractivity contribution in [2.45, 2.75) is 70.0 Å². The molecule has 0 aromatic heterocycles. The fourth-order valence-electron chi connectivity index (χ4n) is 8.32. The number of esters is 1. The molecule has 0 aliphatic heterocycles. The monoisotopic (exact) mass is 330 g/mol. The molecule has 3 heteroatoms. The number of hydrogen-bond acceptors (Lipinski definition) is 3. The molecule has 6 bridgehead atoms. The van der Waals surface area contributed by atoms with Gasteiger partial charge in [0.25, 0.3) is 0 Å². The molecule has 0 saturated heterocycles. The van der Waals surface area contributed by atoms with Gasteiger partial charge in [0, 0.05) is 6.08 Å². The summed E-state index contributed by atoms with van der Waals surface area (Å²) in [5.41, 5.74) is -0.0735. The Morgan fingerprint density at radius 2 is 1.96 bits per heavy atom. The summed E-state index contributed by atoms with van der Waals surface area (Å²) < 4.78 is 6.07. The molecule has 0 radical (unpaired) electrons. The van der Waals surface area contributed by atoms with E-state index in [4.69, 9.17) is 4.74 Å². The quantitative estimate of drug-likeness (QED) is 0.634. The van der Waals surface area contributed by atoms with Crippen LogP contribution in [0, 0.1) is 40.9 Å². The van der Waals surface area contributed by atoms with E-state index in [0.29, 0.717) is 35.5 Å². The maximum Gasteiger partial charge on any atom is 0.330 e. The molecule has 24 heavy (non-hydrogen) atoms. The normalized spacial score (nSPS) is 57.3. The van der Waals surface area contributed by atoms with Crippen molar-refractivity contribution < 1.29 is 14.6 Å². The number of aliphatic hydroxyl groups excluding tert-OH is 1. The largest absolute Gasteiger partial charge is 0.456 e. The van der Waals surface area contributed by atoms with Crippen molar-refractivity contribution in [2.24, 2.45) is 40.9 Å². The van der Waals surface area contributed by atoms with E-state index >= 15 is 0 Å². The molecule has 132 valence electrons. The summed E-state index contributed by atoms with van der Waals surface area (Å²) in [4.78, 5) is 12.1. The van der Waals surface area contributed by atoms with Crippen LogP contribution in [0.15, 0.2) is 12.7 Å². The van der Waals surface area contributed by atoms with Crippen LogP contribution in [-0.2, 0) is 9.53 Å². The van der Waals surface area contributed by atoms with Gasteiger partial charge >= 0.3 is 5.97 Å². The number of ether oxygens (including phenoxy) is 1. The van der Waals surface area contributed by atoms with E-state index in [-0.39, 0.29) is 23.1 Å². The third kappa shape index (κ3) is 1.85. The second-order valence-electron chi connectivity index (χ2n) is 9.84. The Bertz CT molecular complexity index is 584. The molecule has 0 amide bonds. The van der Waals surface area contributed by atoms with Crippen LogP contribution in [0.4, 0.5) is 0 Å². The first kappa shape index (κ1) is 15.4. The average molecular weight is 330 g/mol. The van der Waals surface area contributed by atoms with Crippen molar-refractivity contribution >= 4 is 5.97 Å². The fraction of sp³-hybridized carbons (Fsp3) is 0.857. The lowest BCUT2D eigenvalue weighted by Gasteiger charge is -2.66. The second kappa shape index (κ2) is 4.87. The molecular formula is C21H30O3. The molecule has 6 saturated carbocycles. The van der Waals surface area contributed by atoms with Gasteiger partial charge in [-0.15, -0.1) is 0 Å². The van der Waals surface area contributed by atoms with E-state index in [1.807, 2.05) is 0 Å². The van der Waals surface area contributed by atoms with Crippen molar-refractivity contribution in [3.8, 4) is 0 Å². The van der Waals surface area contributed by atoms with Gasteiger partial charge in [0.15, 0.2) is 0 Å². The Morgan fingerprint density at radius 3 is 2.67 bits per heavy atom. The summed E-state index contributed by atoms with van der Waals surface area (Å²) in [5, 5.41) is 11.0. The summed E-state index contributed by atoms with van der Waals surface area (Å²) in [5.74, 6) is 3.24. The van der Waals surface area contributed by atoms with E-state index in [2.05, 4.69) is 13.5 Å². The predicted molar refractivity (Wildman–Crippen MR) is 91.0 cm³/mol. The fourth-order valence-corrected chi connectivity index (χ4v) is 8.32. The molecule has 0 aromatic rings. The number of rotatable bonds is 3. The molecule has 6 fully saturated rings. The zero-order valence-corrected chi connectivity index (χ0v) is 14.7. The van der Waals surface area contributed by atoms with Crippen LogP contribution in [0.2, 0.25) is 0 Å². The first-order valence-electron chi connectivity index (χ1n) is 10.00. The van der Waals surface area contributed by atoms with Gasteiger partial charge in [-0.3, -0.25) is 0 Å². The van der Waals surface area contributed by atoms with Gasteiger partial charge in [-0.05, 0) is 92.3 Å². The third-order valence-corrected chi connectivity index (χ3v) is 8.87. The van der Waals surface area contributed by atoms with Crippen LogP contribution in [0.25, 0.3) is 0 Å². The highest BCUT2D eigenvalue weighted by atomic mass is 16.6. The van der Waals surface area contributed by atoms with Gasteiger partial charge < -0.3 is 9.84 Å². The topological polar surface area (TPSA) is 46.5 Å². The van der Waals surface area contributed by atoms with Crippen molar-refractivity contribution in [1.29, 1.82) is 0 Å². The van der Waals surface area contributed by atoms with Crippen LogP contribution in [-0.4, -0.2) is 22.8 Å². The lowest BCUT2D eigenvalue weighted by Crippen LogP contribution is -2.65. The van der Waals surface area contributed by atoms with Gasteiger partial charge in [0.2, 0.25) is 0 Å². The highest BCUT2D eigenvalue weighted by Crippen LogP contribution is 2.71. The smallest absolute Gasteiger partial charge is 0.330 e. The van der Waals surface area contributed by atoms with Crippen LogP contribution >= 0.6 is 0 Å². The summed E-state index contributed by atoms with van der Waals surface area (Å²) in [6.07, 6.45) is 10.8. The van der Waals surface area contributed by atoms with Crippen LogP contribution in [0.5, 0.6) is 0 Å². The second-order valence-corrected chi connectivity index (χ2v) is 9.84. The molecule has 1 N–H and O–H groups in total. The lowest BCUT2D eigenvalue weighted by molar-refractivity contribution is -0.240.